The average molecular weight is 452 g/mol. The van der Waals surface area contributed by atoms with Crippen LogP contribution in [0.15, 0.2) is 22.4 Å². The van der Waals surface area contributed by atoms with Gasteiger partial charge in [0.1, 0.15) is 4.91 Å². The summed E-state index contributed by atoms with van der Waals surface area (Å²) in [5, 5.41) is 6.05. The molecule has 0 radical (unpaired) electrons. The fourth-order valence-corrected chi connectivity index (χ4v) is 4.79. The summed E-state index contributed by atoms with van der Waals surface area (Å²) in [6.45, 7) is 8.75. The maximum Gasteiger partial charge on any atom is 0.246 e. The number of hydrogen-bond donors (Lipinski definition) is 3. The Morgan fingerprint density at radius 2 is 2.06 bits per heavy atom. The zero-order chi connectivity index (χ0) is 23.2. The van der Waals surface area contributed by atoms with E-state index < -0.39 is 10.0 Å². The summed E-state index contributed by atoms with van der Waals surface area (Å²) in [5.41, 5.74) is 7.15. The predicted molar refractivity (Wildman–Crippen MR) is 126 cm³/mol. The largest absolute Gasteiger partial charge is 0.393 e. The molecule has 12 heteroatoms. The lowest BCUT2D eigenvalue weighted by Crippen LogP contribution is -2.33. The van der Waals surface area contributed by atoms with Gasteiger partial charge in [-0.3, -0.25) is 4.99 Å². The third kappa shape index (κ3) is 5.31. The van der Waals surface area contributed by atoms with Crippen LogP contribution in [0, 0.1) is 0 Å². The normalized spacial score (nSPS) is 17.9. The number of aliphatic imine (C=N–C) groups is 1. The van der Waals surface area contributed by atoms with Gasteiger partial charge in [0, 0.05) is 51.7 Å². The van der Waals surface area contributed by atoms with E-state index in [2.05, 4.69) is 30.6 Å². The van der Waals surface area contributed by atoms with Crippen LogP contribution in [-0.4, -0.2) is 71.7 Å². The molecule has 0 aliphatic carbocycles. The van der Waals surface area contributed by atoms with Gasteiger partial charge < -0.3 is 20.9 Å². The Bertz CT molecular complexity index is 1040. The van der Waals surface area contributed by atoms with Crippen molar-refractivity contribution >= 4 is 39.2 Å². The molecule has 0 bridgehead atoms. The van der Waals surface area contributed by atoms with Crippen LogP contribution in [0.5, 0.6) is 0 Å². The van der Waals surface area contributed by atoms with Crippen molar-refractivity contribution in [3.8, 4) is 0 Å². The smallest absolute Gasteiger partial charge is 0.246 e. The summed E-state index contributed by atoms with van der Waals surface area (Å²) in [4.78, 5) is 17.0. The molecule has 1 aliphatic rings. The topological polar surface area (TPSA) is 143 Å². The highest BCUT2D eigenvalue weighted by Gasteiger charge is 2.34. The van der Waals surface area contributed by atoms with Crippen LogP contribution < -0.4 is 16.4 Å². The van der Waals surface area contributed by atoms with Gasteiger partial charge in [0.25, 0.3) is 0 Å². The van der Waals surface area contributed by atoms with Crippen LogP contribution in [0.4, 0.5) is 11.8 Å². The van der Waals surface area contributed by atoms with Gasteiger partial charge in [0.2, 0.25) is 16.0 Å². The van der Waals surface area contributed by atoms with E-state index in [-0.39, 0.29) is 22.9 Å². The van der Waals surface area contributed by atoms with Crippen molar-refractivity contribution in [1.82, 2.24) is 29.1 Å². The zero-order valence-electron chi connectivity index (χ0n) is 19.0. The number of fused-ring (bicyclic) bond motifs is 1. The van der Waals surface area contributed by atoms with Crippen LogP contribution in [0.25, 0.3) is 11.2 Å². The molecule has 3 heterocycles. The maximum absolute atomic E-state index is 12.9. The number of nitrogens with one attached hydrogen (secondary N) is 2. The van der Waals surface area contributed by atoms with Crippen molar-refractivity contribution in [3.63, 3.8) is 0 Å². The minimum Gasteiger partial charge on any atom is -0.393 e. The van der Waals surface area contributed by atoms with Crippen LogP contribution >= 0.6 is 0 Å². The number of hydrogen-bond acceptors (Lipinski definition) is 9. The summed E-state index contributed by atoms with van der Waals surface area (Å²) in [5.74, 6) is 0.653. The Hall–Kier alpha value is -2.73. The first-order valence-corrected chi connectivity index (χ1v) is 11.8. The van der Waals surface area contributed by atoms with Crippen molar-refractivity contribution in [2.45, 2.75) is 46.2 Å². The van der Waals surface area contributed by atoms with Crippen molar-refractivity contribution in [2.24, 2.45) is 4.99 Å². The fraction of sp³-hybridized carbons (Fsp3) is 0.579. The Labute approximate surface area is 183 Å². The number of nitrogen functional groups attached to an aromatic ring is 1. The highest BCUT2D eigenvalue weighted by atomic mass is 32.2. The molecule has 1 unspecified atom stereocenters. The van der Waals surface area contributed by atoms with E-state index in [1.807, 2.05) is 32.3 Å². The Balaban J connectivity index is 0.00000166. The van der Waals surface area contributed by atoms with E-state index in [4.69, 9.17) is 5.73 Å². The third-order valence-electron chi connectivity index (χ3n) is 4.67. The molecule has 11 nitrogen and oxygen atoms in total. The Morgan fingerprint density at radius 1 is 1.35 bits per heavy atom. The van der Waals surface area contributed by atoms with E-state index in [0.717, 1.165) is 0 Å². The number of nitrogens with two attached hydrogens (primary N) is 1. The first-order chi connectivity index (χ1) is 14.8. The molecule has 1 fully saturated rings. The molecule has 0 spiro atoms. The zero-order valence-corrected chi connectivity index (χ0v) is 19.8. The van der Waals surface area contributed by atoms with E-state index in [1.54, 1.807) is 13.4 Å². The van der Waals surface area contributed by atoms with E-state index >= 15 is 0 Å². The molecule has 1 saturated heterocycles. The van der Waals surface area contributed by atoms with Crippen molar-refractivity contribution in [3.05, 3.63) is 17.4 Å². The summed E-state index contributed by atoms with van der Waals surface area (Å²) < 4.78 is 29.1. The second-order valence-electron chi connectivity index (χ2n) is 7.06. The third-order valence-corrected chi connectivity index (χ3v) is 6.50. The van der Waals surface area contributed by atoms with E-state index in [9.17, 15) is 8.42 Å². The summed E-state index contributed by atoms with van der Waals surface area (Å²) >= 11 is 0. The monoisotopic (exact) mass is 451 g/mol. The Morgan fingerprint density at radius 3 is 2.68 bits per heavy atom. The maximum atomic E-state index is 12.9. The van der Waals surface area contributed by atoms with Gasteiger partial charge in [0.05, 0.1) is 6.33 Å². The van der Waals surface area contributed by atoms with Crippen LogP contribution in [0.1, 0.15) is 40.2 Å². The molecule has 172 valence electrons. The number of anilines is 2. The molecule has 1 aliphatic heterocycles. The summed E-state index contributed by atoms with van der Waals surface area (Å²) in [6.07, 6.45) is 5.10. The average Bonchev–Trinajstić information content (AvgIpc) is 3.37. The van der Waals surface area contributed by atoms with E-state index in [1.165, 1.54) is 23.8 Å². The predicted octanol–water partition coefficient (Wildman–Crippen LogP) is 1.59. The van der Waals surface area contributed by atoms with Crippen LogP contribution in [-0.2, 0) is 10.0 Å². The molecular formula is C19H33N9O2S. The van der Waals surface area contributed by atoms with Crippen molar-refractivity contribution < 1.29 is 8.42 Å². The minimum atomic E-state index is -3.64. The standard InChI is InChI=1S/C17H27N9O2S.C2H6/c1-11(2)26-10-21-14-15(23-17(18)24-16(14)26)22-12-5-6-25(9-12)29(27,28)13(7-19-3)8-20-4;1-2/h7-8,10-12,19H,5-6,9H2,1-4H3,(H3,18,22,23,24);1-2H3/b13-7+,20-8?;. The van der Waals surface area contributed by atoms with Crippen LogP contribution in [0.2, 0.25) is 0 Å². The molecule has 1 atom stereocenters. The van der Waals surface area contributed by atoms with Gasteiger partial charge in [-0.15, -0.1) is 0 Å². The van der Waals surface area contributed by atoms with Gasteiger partial charge in [-0.1, -0.05) is 13.8 Å². The first kappa shape index (κ1) is 24.5. The number of nitrogens with zero attached hydrogens (tertiary/aromatic N) is 6. The number of rotatable bonds is 7. The lowest BCUT2D eigenvalue weighted by atomic mass is 10.2. The van der Waals surface area contributed by atoms with Gasteiger partial charge in [-0.05, 0) is 20.3 Å². The van der Waals surface area contributed by atoms with Gasteiger partial charge in [0.15, 0.2) is 17.0 Å². The molecule has 31 heavy (non-hydrogen) atoms. The molecule has 4 N–H and O–H groups in total. The molecule has 2 aromatic rings. The summed E-state index contributed by atoms with van der Waals surface area (Å²) in [6, 6.07) is 0.0488. The lowest BCUT2D eigenvalue weighted by Gasteiger charge is -2.18. The minimum absolute atomic E-state index is 0.118. The van der Waals surface area contributed by atoms with Gasteiger partial charge in [-0.2, -0.15) is 14.3 Å². The molecule has 0 saturated carbocycles. The van der Waals surface area contributed by atoms with Gasteiger partial charge in [-0.25, -0.2) is 13.4 Å². The molecular weight excluding hydrogens is 418 g/mol. The van der Waals surface area contributed by atoms with Gasteiger partial charge >= 0.3 is 0 Å². The molecule has 0 amide bonds. The SMILES string of the molecule is CC.CN=C/C(=C\NC)S(=O)(=O)N1CCC(Nc2nc(N)nc3c2ncn3C(C)C)C1. The highest BCUT2D eigenvalue weighted by Crippen LogP contribution is 2.26. The number of allylic oxidation sites excluding steroid dienone is 1. The van der Waals surface area contributed by atoms with Crippen molar-refractivity contribution in [2.75, 3.05) is 38.2 Å². The number of imidazole rings is 1. The lowest BCUT2D eigenvalue weighted by molar-refractivity contribution is 0.482. The first-order valence-electron chi connectivity index (χ1n) is 10.3. The number of sulfonamides is 1. The van der Waals surface area contributed by atoms with Crippen LogP contribution in [0.3, 0.4) is 0 Å². The quantitative estimate of drug-likeness (QED) is 0.539. The van der Waals surface area contributed by atoms with Crippen molar-refractivity contribution in [1.29, 1.82) is 0 Å². The highest BCUT2D eigenvalue weighted by molar-refractivity contribution is 7.93. The number of aromatic nitrogens is 4. The fourth-order valence-electron chi connectivity index (χ4n) is 3.27. The second kappa shape index (κ2) is 10.5. The molecule has 0 aromatic carbocycles. The Kier molecular flexibility index (Phi) is 8.34. The summed E-state index contributed by atoms with van der Waals surface area (Å²) in [7, 11) is -0.459. The molecule has 3 rings (SSSR count). The molecule has 2 aromatic heterocycles. The second-order valence-corrected chi connectivity index (χ2v) is 9.00. The van der Waals surface area contributed by atoms with E-state index in [0.29, 0.717) is 36.5 Å².